The van der Waals surface area contributed by atoms with E-state index in [1.54, 1.807) is 0 Å². The molecular formula is C10H12NO4-. The number of hydrogen-bond donors (Lipinski definition) is 1. The molecule has 0 unspecified atom stereocenters. The number of nitrogens with zero attached hydrogens (tertiary/aromatic N) is 1. The lowest BCUT2D eigenvalue weighted by Crippen LogP contribution is -2.18. The first-order valence-electron chi connectivity index (χ1n) is 4.43. The highest BCUT2D eigenvalue weighted by atomic mass is 16.5. The second-order valence-corrected chi connectivity index (χ2v) is 2.86. The number of methoxy groups -OCH3 is 1. The summed E-state index contributed by atoms with van der Waals surface area (Å²) in [6.45, 7) is -0.195. The molecule has 0 bridgehead atoms. The fraction of sp³-hybridized carbons (Fsp3) is 0.300. The van der Waals surface area contributed by atoms with Crippen molar-refractivity contribution in [1.82, 2.24) is 0 Å². The van der Waals surface area contributed by atoms with Gasteiger partial charge < -0.3 is 20.1 Å². The summed E-state index contributed by atoms with van der Waals surface area (Å²) in [6.07, 6.45) is 0. The number of benzene rings is 1. The smallest absolute Gasteiger partial charge is 0.337 e. The number of carbonyl (C=O) groups excluding carboxylic acids is 1. The Balaban J connectivity index is 2.76. The summed E-state index contributed by atoms with van der Waals surface area (Å²) in [7, 11) is 1.29. The predicted molar refractivity (Wildman–Crippen MR) is 55.6 cm³/mol. The quantitative estimate of drug-likeness (QED) is 0.587. The zero-order valence-corrected chi connectivity index (χ0v) is 8.34. The van der Waals surface area contributed by atoms with E-state index in [4.69, 9.17) is 5.11 Å². The van der Waals surface area contributed by atoms with Crippen LogP contribution in [-0.4, -0.2) is 31.3 Å². The number of anilines is 1. The highest BCUT2D eigenvalue weighted by Crippen LogP contribution is 2.14. The maximum atomic E-state index is 11.2. The summed E-state index contributed by atoms with van der Waals surface area (Å²) < 4.78 is 4.51. The van der Waals surface area contributed by atoms with Gasteiger partial charge in [0.15, 0.2) is 0 Å². The van der Waals surface area contributed by atoms with Gasteiger partial charge in [-0.15, -0.1) is 0 Å². The van der Waals surface area contributed by atoms with Crippen molar-refractivity contribution in [3.8, 4) is 0 Å². The number of rotatable bonds is 4. The molecule has 1 aromatic carbocycles. The van der Waals surface area contributed by atoms with E-state index in [0.29, 0.717) is 16.3 Å². The van der Waals surface area contributed by atoms with Crippen LogP contribution in [-0.2, 0) is 4.74 Å². The Morgan fingerprint density at radius 1 is 1.47 bits per heavy atom. The molecule has 0 spiro atoms. The average Bonchev–Trinajstić information content (AvgIpc) is 2.28. The van der Waals surface area contributed by atoms with Crippen LogP contribution in [0.5, 0.6) is 0 Å². The number of hydrogen-bond acceptors (Lipinski definition) is 5. The normalized spacial score (nSPS) is 9.80. The molecule has 0 heterocycles. The molecule has 0 aromatic heterocycles. The van der Waals surface area contributed by atoms with Crippen molar-refractivity contribution in [2.75, 3.05) is 25.3 Å². The fourth-order valence-electron chi connectivity index (χ4n) is 1.10. The van der Waals surface area contributed by atoms with E-state index in [2.05, 4.69) is 4.74 Å². The number of aliphatic hydroxyl groups excluding tert-OH is 1. The maximum Gasteiger partial charge on any atom is 0.337 e. The van der Waals surface area contributed by atoms with Gasteiger partial charge in [-0.1, -0.05) is 0 Å². The summed E-state index contributed by atoms with van der Waals surface area (Å²) in [4.78, 5) is 11.1. The molecule has 1 rings (SSSR count). The zero-order chi connectivity index (χ0) is 11.3. The third-order valence-electron chi connectivity index (χ3n) is 1.88. The Morgan fingerprint density at radius 3 is 2.53 bits per heavy atom. The van der Waals surface area contributed by atoms with Gasteiger partial charge in [0.2, 0.25) is 0 Å². The van der Waals surface area contributed by atoms with E-state index < -0.39 is 5.97 Å². The van der Waals surface area contributed by atoms with E-state index in [1.165, 1.54) is 31.4 Å². The zero-order valence-electron chi connectivity index (χ0n) is 8.34. The molecule has 15 heavy (non-hydrogen) atoms. The molecular weight excluding hydrogens is 198 g/mol. The maximum absolute atomic E-state index is 11.2. The lowest BCUT2D eigenvalue weighted by Gasteiger charge is -2.29. The Kier molecular flexibility index (Phi) is 4.08. The van der Waals surface area contributed by atoms with Crippen LogP contribution in [0.4, 0.5) is 5.69 Å². The molecule has 1 N–H and O–H groups in total. The number of aliphatic hydroxyl groups is 1. The van der Waals surface area contributed by atoms with Crippen molar-refractivity contribution in [3.63, 3.8) is 0 Å². The Morgan fingerprint density at radius 2 is 2.07 bits per heavy atom. The second-order valence-electron chi connectivity index (χ2n) is 2.86. The van der Waals surface area contributed by atoms with E-state index in [9.17, 15) is 10.0 Å². The molecule has 0 radical (unpaired) electrons. The van der Waals surface area contributed by atoms with Crippen molar-refractivity contribution in [2.24, 2.45) is 0 Å². The summed E-state index contributed by atoms with van der Waals surface area (Å²) in [5.74, 6) is -0.443. The van der Waals surface area contributed by atoms with Gasteiger partial charge in [0.1, 0.15) is 0 Å². The SMILES string of the molecule is COC(=O)c1ccc(N([O-])CCO)cc1. The molecule has 0 fully saturated rings. The van der Waals surface area contributed by atoms with E-state index in [1.807, 2.05) is 0 Å². The van der Waals surface area contributed by atoms with E-state index in [-0.39, 0.29) is 13.2 Å². The first-order chi connectivity index (χ1) is 7.19. The average molecular weight is 210 g/mol. The van der Waals surface area contributed by atoms with Crippen LogP contribution in [0.1, 0.15) is 10.4 Å². The van der Waals surface area contributed by atoms with Crippen LogP contribution < -0.4 is 5.06 Å². The second kappa shape index (κ2) is 5.33. The number of ether oxygens (including phenoxy) is 1. The van der Waals surface area contributed by atoms with Crippen LogP contribution in [0.15, 0.2) is 24.3 Å². The van der Waals surface area contributed by atoms with Crippen molar-refractivity contribution in [1.29, 1.82) is 0 Å². The lowest BCUT2D eigenvalue weighted by atomic mass is 10.2. The minimum absolute atomic E-state index is 0.0115. The highest BCUT2D eigenvalue weighted by Gasteiger charge is 2.04. The van der Waals surface area contributed by atoms with Crippen LogP contribution in [0.2, 0.25) is 0 Å². The van der Waals surface area contributed by atoms with Gasteiger partial charge in [-0.3, -0.25) is 0 Å². The van der Waals surface area contributed by atoms with Crippen LogP contribution >= 0.6 is 0 Å². The van der Waals surface area contributed by atoms with Gasteiger partial charge >= 0.3 is 5.97 Å². The van der Waals surface area contributed by atoms with Crippen molar-refractivity contribution in [3.05, 3.63) is 35.0 Å². The van der Waals surface area contributed by atoms with Gasteiger partial charge in [0, 0.05) is 12.2 Å². The molecule has 5 heteroatoms. The molecule has 0 amide bonds. The predicted octanol–water partition coefficient (Wildman–Crippen LogP) is 0.770. The van der Waals surface area contributed by atoms with Gasteiger partial charge in [-0.05, 0) is 24.3 Å². The Bertz CT molecular complexity index is 323. The molecule has 82 valence electrons. The third-order valence-corrected chi connectivity index (χ3v) is 1.88. The molecule has 0 aliphatic carbocycles. The molecule has 0 saturated heterocycles. The highest BCUT2D eigenvalue weighted by molar-refractivity contribution is 5.89. The van der Waals surface area contributed by atoms with Crippen LogP contribution in [0.25, 0.3) is 0 Å². The fourth-order valence-corrected chi connectivity index (χ4v) is 1.10. The summed E-state index contributed by atoms with van der Waals surface area (Å²) in [5, 5.41) is 20.5. The standard InChI is InChI=1S/C10H12NO4/c1-15-10(13)8-2-4-9(5-3-8)11(14)6-7-12/h2-5,12H,6-7H2,1H3/q-1. The first-order valence-corrected chi connectivity index (χ1v) is 4.43. The van der Waals surface area contributed by atoms with Crippen LogP contribution in [0, 0.1) is 5.21 Å². The van der Waals surface area contributed by atoms with Crippen molar-refractivity contribution in [2.45, 2.75) is 0 Å². The minimum Gasteiger partial charge on any atom is -0.758 e. The van der Waals surface area contributed by atoms with E-state index in [0.717, 1.165) is 0 Å². The topological polar surface area (TPSA) is 72.8 Å². The lowest BCUT2D eigenvalue weighted by molar-refractivity contribution is 0.0601. The molecule has 0 aliphatic heterocycles. The largest absolute Gasteiger partial charge is 0.758 e. The Hall–Kier alpha value is -1.59. The molecule has 0 atom stereocenters. The monoisotopic (exact) mass is 210 g/mol. The summed E-state index contributed by atoms with van der Waals surface area (Å²) in [6, 6.07) is 6.02. The van der Waals surface area contributed by atoms with Gasteiger partial charge in [-0.2, -0.15) is 0 Å². The van der Waals surface area contributed by atoms with Gasteiger partial charge in [0.25, 0.3) is 0 Å². The number of carbonyl (C=O) groups is 1. The molecule has 0 aliphatic rings. The van der Waals surface area contributed by atoms with E-state index >= 15 is 0 Å². The first kappa shape index (κ1) is 11.5. The number of hydroxylamine groups is 1. The third kappa shape index (κ3) is 2.93. The van der Waals surface area contributed by atoms with Gasteiger partial charge in [0.05, 0.1) is 19.3 Å². The Labute approximate surface area is 87.5 Å². The summed E-state index contributed by atoms with van der Waals surface area (Å²) >= 11 is 0. The molecule has 0 saturated carbocycles. The van der Waals surface area contributed by atoms with Crippen molar-refractivity contribution < 1.29 is 14.6 Å². The van der Waals surface area contributed by atoms with Crippen LogP contribution in [0.3, 0.4) is 0 Å². The van der Waals surface area contributed by atoms with Crippen molar-refractivity contribution >= 4 is 11.7 Å². The molecule has 1 aromatic rings. The minimum atomic E-state index is -0.443. The summed E-state index contributed by atoms with van der Waals surface area (Å²) in [5.41, 5.74) is 0.787. The molecule has 5 nitrogen and oxygen atoms in total. The number of esters is 1. The van der Waals surface area contributed by atoms with Gasteiger partial charge in [-0.25, -0.2) is 4.79 Å².